The summed E-state index contributed by atoms with van der Waals surface area (Å²) in [5, 5.41) is 0. The molecule has 0 spiro atoms. The summed E-state index contributed by atoms with van der Waals surface area (Å²) in [6, 6.07) is 13.5. The molecule has 6 heteroatoms. The van der Waals surface area contributed by atoms with Crippen molar-refractivity contribution < 1.29 is 14.3 Å². The SMILES string of the molecule is Cc1ccccc1OC1CN(C(=O)[C@@H]2CC(=O)N(Cc3ccccn3)C2)C1. The number of amides is 2. The van der Waals surface area contributed by atoms with E-state index in [9.17, 15) is 9.59 Å². The molecule has 27 heavy (non-hydrogen) atoms. The number of carbonyl (C=O) groups is 2. The van der Waals surface area contributed by atoms with Gasteiger partial charge in [-0.15, -0.1) is 0 Å². The topological polar surface area (TPSA) is 62.7 Å². The van der Waals surface area contributed by atoms with Crippen LogP contribution in [0.25, 0.3) is 0 Å². The molecule has 4 rings (SSSR count). The van der Waals surface area contributed by atoms with E-state index in [4.69, 9.17) is 4.74 Å². The zero-order valence-electron chi connectivity index (χ0n) is 15.4. The summed E-state index contributed by atoms with van der Waals surface area (Å²) in [7, 11) is 0. The van der Waals surface area contributed by atoms with Crippen molar-refractivity contribution in [3.05, 3.63) is 59.9 Å². The highest BCUT2D eigenvalue weighted by atomic mass is 16.5. The van der Waals surface area contributed by atoms with Gasteiger partial charge in [-0.1, -0.05) is 24.3 Å². The predicted molar refractivity (Wildman–Crippen MR) is 99.9 cm³/mol. The highest BCUT2D eigenvalue weighted by Crippen LogP contribution is 2.26. The number of benzene rings is 1. The Morgan fingerprint density at radius 2 is 1.93 bits per heavy atom. The van der Waals surface area contributed by atoms with Crippen LogP contribution in [0.1, 0.15) is 17.7 Å². The molecule has 2 aliphatic rings. The average Bonchev–Trinajstić information content (AvgIpc) is 3.00. The number of aromatic nitrogens is 1. The highest BCUT2D eigenvalue weighted by Gasteiger charge is 2.41. The Hall–Kier alpha value is -2.89. The lowest BCUT2D eigenvalue weighted by molar-refractivity contribution is -0.144. The van der Waals surface area contributed by atoms with Gasteiger partial charge in [0.1, 0.15) is 11.9 Å². The van der Waals surface area contributed by atoms with Crippen LogP contribution in [0, 0.1) is 12.8 Å². The number of likely N-dealkylation sites (tertiary alicyclic amines) is 2. The lowest BCUT2D eigenvalue weighted by Gasteiger charge is -2.40. The molecule has 2 aliphatic heterocycles. The number of para-hydroxylation sites is 1. The summed E-state index contributed by atoms with van der Waals surface area (Å²) in [5.74, 6) is 0.677. The van der Waals surface area contributed by atoms with Gasteiger partial charge in [-0.25, -0.2) is 0 Å². The van der Waals surface area contributed by atoms with Crippen LogP contribution in [0.2, 0.25) is 0 Å². The Labute approximate surface area is 158 Å². The van der Waals surface area contributed by atoms with E-state index < -0.39 is 0 Å². The number of hydrogen-bond donors (Lipinski definition) is 0. The van der Waals surface area contributed by atoms with E-state index in [1.807, 2.05) is 49.4 Å². The number of carbonyl (C=O) groups excluding carboxylic acids is 2. The minimum absolute atomic E-state index is 0.0206. The molecule has 140 valence electrons. The summed E-state index contributed by atoms with van der Waals surface area (Å²) in [6.45, 7) is 4.10. The minimum Gasteiger partial charge on any atom is -0.486 e. The van der Waals surface area contributed by atoms with Gasteiger partial charge in [0.25, 0.3) is 0 Å². The zero-order chi connectivity index (χ0) is 18.8. The van der Waals surface area contributed by atoms with Gasteiger partial charge < -0.3 is 14.5 Å². The third-order valence-electron chi connectivity index (χ3n) is 5.19. The van der Waals surface area contributed by atoms with Crippen molar-refractivity contribution in [1.82, 2.24) is 14.8 Å². The average molecular weight is 365 g/mol. The summed E-state index contributed by atoms with van der Waals surface area (Å²) < 4.78 is 5.97. The number of rotatable bonds is 5. The minimum atomic E-state index is -0.263. The van der Waals surface area contributed by atoms with Crippen molar-refractivity contribution in [3.8, 4) is 5.75 Å². The van der Waals surface area contributed by atoms with Gasteiger partial charge in [0.2, 0.25) is 11.8 Å². The Morgan fingerprint density at radius 3 is 2.67 bits per heavy atom. The first-order valence-corrected chi connectivity index (χ1v) is 9.29. The van der Waals surface area contributed by atoms with E-state index in [1.54, 1.807) is 16.0 Å². The van der Waals surface area contributed by atoms with Crippen LogP contribution in [0.3, 0.4) is 0 Å². The number of aryl methyl sites for hydroxylation is 1. The van der Waals surface area contributed by atoms with Crippen LogP contribution < -0.4 is 4.74 Å². The van der Waals surface area contributed by atoms with Crippen molar-refractivity contribution in [3.63, 3.8) is 0 Å². The number of pyridine rings is 1. The van der Waals surface area contributed by atoms with Crippen LogP contribution in [0.15, 0.2) is 48.7 Å². The Balaban J connectivity index is 1.28. The maximum absolute atomic E-state index is 12.7. The third-order valence-corrected chi connectivity index (χ3v) is 5.19. The van der Waals surface area contributed by atoms with Crippen LogP contribution >= 0.6 is 0 Å². The van der Waals surface area contributed by atoms with Crippen LogP contribution in [-0.4, -0.2) is 52.3 Å². The molecule has 3 heterocycles. The van der Waals surface area contributed by atoms with E-state index in [0.717, 1.165) is 17.0 Å². The third kappa shape index (κ3) is 3.79. The molecule has 0 bridgehead atoms. The standard InChI is InChI=1S/C21H23N3O3/c1-15-6-2-3-8-19(15)27-18-13-24(14-18)21(26)16-10-20(25)23(11-16)12-17-7-4-5-9-22-17/h2-9,16,18H,10-14H2,1H3/t16-/m1/s1. The van der Waals surface area contributed by atoms with Crippen LogP contribution in [-0.2, 0) is 16.1 Å². The number of nitrogens with zero attached hydrogens (tertiary/aromatic N) is 3. The fourth-order valence-corrected chi connectivity index (χ4v) is 3.60. The highest BCUT2D eigenvalue weighted by molar-refractivity contribution is 5.89. The van der Waals surface area contributed by atoms with E-state index in [1.165, 1.54) is 0 Å². The second-order valence-corrected chi connectivity index (χ2v) is 7.24. The molecule has 0 unspecified atom stereocenters. The molecule has 0 radical (unpaired) electrons. The molecule has 2 fully saturated rings. The molecule has 2 saturated heterocycles. The van der Waals surface area contributed by atoms with Gasteiger partial charge in [0.05, 0.1) is 31.2 Å². The van der Waals surface area contributed by atoms with Gasteiger partial charge in [-0.05, 0) is 30.7 Å². The van der Waals surface area contributed by atoms with Crippen molar-refractivity contribution >= 4 is 11.8 Å². The van der Waals surface area contributed by atoms with Crippen molar-refractivity contribution in [2.24, 2.45) is 5.92 Å². The summed E-state index contributed by atoms with van der Waals surface area (Å²) in [4.78, 5) is 32.8. The Morgan fingerprint density at radius 1 is 1.15 bits per heavy atom. The molecule has 2 aromatic rings. The van der Waals surface area contributed by atoms with Gasteiger partial charge in [0, 0.05) is 19.2 Å². The van der Waals surface area contributed by atoms with Crippen LogP contribution in [0.5, 0.6) is 5.75 Å². The number of hydrogen-bond acceptors (Lipinski definition) is 4. The largest absolute Gasteiger partial charge is 0.486 e. The van der Waals surface area contributed by atoms with Crippen molar-refractivity contribution in [2.45, 2.75) is 26.0 Å². The predicted octanol–water partition coefficient (Wildman–Crippen LogP) is 2.03. The first-order chi connectivity index (χ1) is 13.1. The maximum Gasteiger partial charge on any atom is 0.228 e. The van der Waals surface area contributed by atoms with E-state index in [-0.39, 0.29) is 30.3 Å². The first kappa shape index (κ1) is 17.5. The van der Waals surface area contributed by atoms with Gasteiger partial charge in [-0.2, -0.15) is 0 Å². The molecular formula is C21H23N3O3. The fourth-order valence-electron chi connectivity index (χ4n) is 3.60. The lowest BCUT2D eigenvalue weighted by Crippen LogP contribution is -2.57. The molecule has 1 aromatic carbocycles. The Kier molecular flexibility index (Phi) is 4.79. The number of ether oxygens (including phenoxy) is 1. The summed E-state index contributed by atoms with van der Waals surface area (Å²) in [6.07, 6.45) is 2.02. The Bertz CT molecular complexity index is 834. The fraction of sp³-hybridized carbons (Fsp3) is 0.381. The summed E-state index contributed by atoms with van der Waals surface area (Å²) in [5.41, 5.74) is 1.93. The molecule has 0 aliphatic carbocycles. The zero-order valence-corrected chi connectivity index (χ0v) is 15.4. The van der Waals surface area contributed by atoms with E-state index in [2.05, 4.69) is 4.98 Å². The van der Waals surface area contributed by atoms with Gasteiger partial charge >= 0.3 is 0 Å². The monoisotopic (exact) mass is 365 g/mol. The van der Waals surface area contributed by atoms with E-state index >= 15 is 0 Å². The quantitative estimate of drug-likeness (QED) is 0.813. The molecule has 6 nitrogen and oxygen atoms in total. The smallest absolute Gasteiger partial charge is 0.228 e. The molecule has 2 amide bonds. The summed E-state index contributed by atoms with van der Waals surface area (Å²) >= 11 is 0. The van der Waals surface area contributed by atoms with Gasteiger partial charge in [0.15, 0.2) is 0 Å². The lowest BCUT2D eigenvalue weighted by atomic mass is 10.0. The van der Waals surface area contributed by atoms with Gasteiger partial charge in [-0.3, -0.25) is 14.6 Å². The molecule has 1 atom stereocenters. The molecule has 0 saturated carbocycles. The van der Waals surface area contributed by atoms with Crippen molar-refractivity contribution in [2.75, 3.05) is 19.6 Å². The molecular weight excluding hydrogens is 342 g/mol. The normalized spacial score (nSPS) is 19.9. The maximum atomic E-state index is 12.7. The van der Waals surface area contributed by atoms with E-state index in [0.29, 0.717) is 26.2 Å². The van der Waals surface area contributed by atoms with Crippen molar-refractivity contribution in [1.29, 1.82) is 0 Å². The second-order valence-electron chi connectivity index (χ2n) is 7.24. The van der Waals surface area contributed by atoms with Crippen LogP contribution in [0.4, 0.5) is 0 Å². The molecule has 0 N–H and O–H groups in total. The molecule has 1 aromatic heterocycles. The second kappa shape index (κ2) is 7.39. The first-order valence-electron chi connectivity index (χ1n) is 9.29.